The van der Waals surface area contributed by atoms with E-state index in [4.69, 9.17) is 14.2 Å². The van der Waals surface area contributed by atoms with Crippen LogP contribution in [0.4, 0.5) is 0 Å². The van der Waals surface area contributed by atoms with Crippen LogP contribution in [0.1, 0.15) is 72.6 Å². The van der Waals surface area contributed by atoms with Crippen LogP contribution >= 0.6 is 0 Å². The van der Waals surface area contributed by atoms with Crippen molar-refractivity contribution in [3.8, 4) is 0 Å². The summed E-state index contributed by atoms with van der Waals surface area (Å²) in [6.07, 6.45) is 6.78. The van der Waals surface area contributed by atoms with E-state index in [9.17, 15) is 4.79 Å². The summed E-state index contributed by atoms with van der Waals surface area (Å²) in [6, 6.07) is 0. The molecular formula is C18H34O4. The molecule has 0 radical (unpaired) electrons. The van der Waals surface area contributed by atoms with Gasteiger partial charge in [0.25, 0.3) is 0 Å². The molecule has 0 bridgehead atoms. The lowest BCUT2D eigenvalue weighted by molar-refractivity contribution is -0.236. The maximum atomic E-state index is 11.8. The topological polar surface area (TPSA) is 44.8 Å². The van der Waals surface area contributed by atoms with Crippen molar-refractivity contribution >= 4 is 5.97 Å². The fourth-order valence-corrected chi connectivity index (χ4v) is 2.64. The Morgan fingerprint density at radius 2 is 1.73 bits per heavy atom. The predicted molar refractivity (Wildman–Crippen MR) is 87.6 cm³/mol. The van der Waals surface area contributed by atoms with Crippen LogP contribution in [0.5, 0.6) is 0 Å². The number of unbranched alkanes of at least 4 members (excludes halogenated alkanes) is 3. The lowest BCUT2D eigenvalue weighted by Crippen LogP contribution is -2.40. The Bertz CT molecular complexity index is 297. The molecule has 2 atom stereocenters. The van der Waals surface area contributed by atoms with Crippen molar-refractivity contribution in [2.75, 3.05) is 13.2 Å². The first-order chi connectivity index (χ1) is 10.6. The van der Waals surface area contributed by atoms with Crippen molar-refractivity contribution in [1.82, 2.24) is 0 Å². The second-order valence-corrected chi connectivity index (χ2v) is 6.55. The standard InChI is InChI=1S/C18H34O4/c1-5-7-9-11-17(19)22-15(4)14(3)18-20-12-16(13-21-18)10-8-6-2/h14-16,18H,5-13H2,1-4H3. The third kappa shape index (κ3) is 7.10. The highest BCUT2D eigenvalue weighted by molar-refractivity contribution is 5.69. The number of ether oxygens (including phenoxy) is 3. The summed E-state index contributed by atoms with van der Waals surface area (Å²) in [7, 11) is 0. The Kier molecular flexibility index (Phi) is 9.73. The first-order valence-electron chi connectivity index (χ1n) is 9.01. The Balaban J connectivity index is 2.26. The zero-order chi connectivity index (χ0) is 16.4. The lowest BCUT2D eigenvalue weighted by Gasteiger charge is -2.34. The summed E-state index contributed by atoms with van der Waals surface area (Å²) in [5.74, 6) is 0.460. The Morgan fingerprint density at radius 1 is 1.09 bits per heavy atom. The molecule has 1 aliphatic rings. The van der Waals surface area contributed by atoms with Crippen molar-refractivity contribution in [2.45, 2.75) is 85.0 Å². The molecule has 4 heteroatoms. The van der Waals surface area contributed by atoms with Gasteiger partial charge in [-0.3, -0.25) is 4.79 Å². The van der Waals surface area contributed by atoms with E-state index in [0.717, 1.165) is 32.5 Å². The van der Waals surface area contributed by atoms with Gasteiger partial charge in [-0.1, -0.05) is 46.5 Å². The van der Waals surface area contributed by atoms with Crippen LogP contribution in [0.3, 0.4) is 0 Å². The zero-order valence-corrected chi connectivity index (χ0v) is 14.8. The average Bonchev–Trinajstić information content (AvgIpc) is 2.53. The highest BCUT2D eigenvalue weighted by atomic mass is 16.7. The van der Waals surface area contributed by atoms with Crippen molar-refractivity contribution in [1.29, 1.82) is 0 Å². The molecule has 130 valence electrons. The SMILES string of the molecule is CCCCCC(=O)OC(C)C(C)C1OCC(CCCC)CO1. The molecule has 0 aromatic rings. The van der Waals surface area contributed by atoms with Crippen LogP contribution in [0.15, 0.2) is 0 Å². The molecule has 4 nitrogen and oxygen atoms in total. The van der Waals surface area contributed by atoms with E-state index in [2.05, 4.69) is 13.8 Å². The maximum Gasteiger partial charge on any atom is 0.306 e. The van der Waals surface area contributed by atoms with E-state index < -0.39 is 0 Å². The van der Waals surface area contributed by atoms with E-state index >= 15 is 0 Å². The predicted octanol–water partition coefficient (Wildman–Crippen LogP) is 4.31. The minimum absolute atomic E-state index is 0.0576. The first kappa shape index (κ1) is 19.4. The van der Waals surface area contributed by atoms with E-state index in [0.29, 0.717) is 12.3 Å². The molecule has 0 N–H and O–H groups in total. The van der Waals surface area contributed by atoms with Gasteiger partial charge < -0.3 is 14.2 Å². The Morgan fingerprint density at radius 3 is 2.32 bits per heavy atom. The van der Waals surface area contributed by atoms with E-state index in [1.165, 1.54) is 19.3 Å². The van der Waals surface area contributed by atoms with Crippen molar-refractivity contribution in [3.63, 3.8) is 0 Å². The van der Waals surface area contributed by atoms with Crippen LogP contribution in [0.2, 0.25) is 0 Å². The summed E-state index contributed by atoms with van der Waals surface area (Å²) in [5.41, 5.74) is 0. The van der Waals surface area contributed by atoms with Gasteiger partial charge in [0.05, 0.1) is 13.2 Å². The van der Waals surface area contributed by atoms with Crippen LogP contribution < -0.4 is 0 Å². The molecule has 0 amide bonds. The number of carbonyl (C=O) groups excluding carboxylic acids is 1. The van der Waals surface area contributed by atoms with Gasteiger partial charge in [-0.05, 0) is 19.8 Å². The van der Waals surface area contributed by atoms with E-state index in [-0.39, 0.29) is 24.3 Å². The van der Waals surface area contributed by atoms with Gasteiger partial charge in [-0.25, -0.2) is 0 Å². The van der Waals surface area contributed by atoms with Crippen LogP contribution in [-0.2, 0) is 19.0 Å². The van der Waals surface area contributed by atoms with Gasteiger partial charge in [0.1, 0.15) is 6.10 Å². The van der Waals surface area contributed by atoms with E-state index in [1.807, 2.05) is 13.8 Å². The molecule has 22 heavy (non-hydrogen) atoms. The summed E-state index contributed by atoms with van der Waals surface area (Å²) in [5, 5.41) is 0. The molecule has 0 aromatic heterocycles. The maximum absolute atomic E-state index is 11.8. The molecular weight excluding hydrogens is 280 g/mol. The van der Waals surface area contributed by atoms with Crippen LogP contribution in [0, 0.1) is 11.8 Å². The number of esters is 1. The highest BCUT2D eigenvalue weighted by Gasteiger charge is 2.31. The van der Waals surface area contributed by atoms with Gasteiger partial charge in [0, 0.05) is 18.3 Å². The molecule has 0 saturated carbocycles. The first-order valence-corrected chi connectivity index (χ1v) is 9.01. The molecule has 1 heterocycles. The third-order valence-corrected chi connectivity index (χ3v) is 4.43. The minimum Gasteiger partial charge on any atom is -0.462 e. The molecule has 0 aliphatic carbocycles. The molecule has 0 aromatic carbocycles. The molecule has 1 aliphatic heterocycles. The quantitative estimate of drug-likeness (QED) is 0.445. The van der Waals surface area contributed by atoms with Crippen molar-refractivity contribution < 1.29 is 19.0 Å². The molecule has 1 saturated heterocycles. The zero-order valence-electron chi connectivity index (χ0n) is 14.8. The number of hydrogen-bond acceptors (Lipinski definition) is 4. The summed E-state index contributed by atoms with van der Waals surface area (Å²) in [4.78, 5) is 11.8. The van der Waals surface area contributed by atoms with Crippen LogP contribution in [-0.4, -0.2) is 31.6 Å². The Hall–Kier alpha value is -0.610. The Labute approximate surface area is 135 Å². The highest BCUT2D eigenvalue weighted by Crippen LogP contribution is 2.24. The fourth-order valence-electron chi connectivity index (χ4n) is 2.64. The second-order valence-electron chi connectivity index (χ2n) is 6.55. The summed E-state index contributed by atoms with van der Waals surface area (Å²) in [6.45, 7) is 9.80. The number of rotatable bonds is 10. The van der Waals surface area contributed by atoms with Gasteiger partial charge in [-0.2, -0.15) is 0 Å². The summed E-state index contributed by atoms with van der Waals surface area (Å²) >= 11 is 0. The number of carbonyl (C=O) groups is 1. The smallest absolute Gasteiger partial charge is 0.306 e. The van der Waals surface area contributed by atoms with Gasteiger partial charge >= 0.3 is 5.97 Å². The lowest BCUT2D eigenvalue weighted by atomic mass is 10.0. The van der Waals surface area contributed by atoms with E-state index in [1.54, 1.807) is 0 Å². The molecule has 2 unspecified atom stereocenters. The second kappa shape index (κ2) is 11.0. The third-order valence-electron chi connectivity index (χ3n) is 4.43. The normalized spacial score (nSPS) is 24.7. The average molecular weight is 314 g/mol. The fraction of sp³-hybridized carbons (Fsp3) is 0.944. The number of hydrogen-bond donors (Lipinski definition) is 0. The van der Waals surface area contributed by atoms with Crippen LogP contribution in [0.25, 0.3) is 0 Å². The summed E-state index contributed by atoms with van der Waals surface area (Å²) < 4.78 is 17.2. The minimum atomic E-state index is -0.253. The molecule has 1 fully saturated rings. The van der Waals surface area contributed by atoms with Gasteiger partial charge in [0.2, 0.25) is 0 Å². The molecule has 0 spiro atoms. The van der Waals surface area contributed by atoms with Gasteiger partial charge in [-0.15, -0.1) is 0 Å². The van der Waals surface area contributed by atoms with Gasteiger partial charge in [0.15, 0.2) is 6.29 Å². The largest absolute Gasteiger partial charge is 0.462 e. The molecule has 1 rings (SSSR count). The monoisotopic (exact) mass is 314 g/mol. The van der Waals surface area contributed by atoms with Crippen molar-refractivity contribution in [2.24, 2.45) is 11.8 Å². The van der Waals surface area contributed by atoms with Crippen molar-refractivity contribution in [3.05, 3.63) is 0 Å².